The van der Waals surface area contributed by atoms with Crippen molar-refractivity contribution in [3.8, 4) is 0 Å². The van der Waals surface area contributed by atoms with E-state index in [2.05, 4.69) is 0 Å². The van der Waals surface area contributed by atoms with Crippen molar-refractivity contribution in [1.82, 2.24) is 0 Å². The van der Waals surface area contributed by atoms with Crippen molar-refractivity contribution in [2.24, 2.45) is 5.92 Å². The van der Waals surface area contributed by atoms with Crippen molar-refractivity contribution < 1.29 is 9.50 Å². The van der Waals surface area contributed by atoms with Crippen LogP contribution in [0, 0.1) is 11.7 Å². The molecule has 17 heavy (non-hydrogen) atoms. The molecule has 0 aromatic heterocycles. The van der Waals surface area contributed by atoms with Gasteiger partial charge in [-0.1, -0.05) is 36.9 Å². The lowest BCUT2D eigenvalue weighted by molar-refractivity contribution is 0.0851. The smallest absolute Gasteiger partial charge is 0.141 e. The van der Waals surface area contributed by atoms with Crippen LogP contribution in [0.5, 0.6) is 0 Å². The zero-order valence-electron chi connectivity index (χ0n) is 9.83. The Morgan fingerprint density at radius 2 is 2.00 bits per heavy atom. The fraction of sp³-hybridized carbons (Fsp3) is 0.571. The summed E-state index contributed by atoms with van der Waals surface area (Å²) in [6.45, 7) is 0. The number of aliphatic hydroxyl groups excluding tert-OH is 1. The maximum absolute atomic E-state index is 13.0. The number of rotatable bonds is 3. The first kappa shape index (κ1) is 12.8. The van der Waals surface area contributed by atoms with Crippen molar-refractivity contribution >= 4 is 11.6 Å². The van der Waals surface area contributed by atoms with Gasteiger partial charge in [0.1, 0.15) is 5.82 Å². The van der Waals surface area contributed by atoms with Crippen LogP contribution in [-0.2, 0) is 6.42 Å². The first-order chi connectivity index (χ1) is 8.16. The van der Waals surface area contributed by atoms with E-state index >= 15 is 0 Å². The lowest BCUT2D eigenvalue weighted by Gasteiger charge is -2.26. The highest BCUT2D eigenvalue weighted by Crippen LogP contribution is 2.28. The van der Waals surface area contributed by atoms with Crippen LogP contribution >= 0.6 is 11.6 Å². The highest BCUT2D eigenvalue weighted by Gasteiger charge is 2.21. The molecule has 1 nitrogen and oxygen atoms in total. The van der Waals surface area contributed by atoms with Gasteiger partial charge < -0.3 is 5.11 Å². The highest BCUT2D eigenvalue weighted by atomic mass is 35.5. The maximum Gasteiger partial charge on any atom is 0.141 e. The summed E-state index contributed by atoms with van der Waals surface area (Å²) >= 11 is 5.73. The molecule has 3 heteroatoms. The summed E-state index contributed by atoms with van der Waals surface area (Å²) in [6.07, 6.45) is 6.18. The first-order valence-corrected chi connectivity index (χ1v) is 6.66. The molecule has 1 saturated carbocycles. The van der Waals surface area contributed by atoms with Crippen molar-refractivity contribution in [2.75, 3.05) is 0 Å². The van der Waals surface area contributed by atoms with E-state index in [-0.39, 0.29) is 11.1 Å². The number of aliphatic hydroxyl groups is 1. The molecule has 0 radical (unpaired) electrons. The van der Waals surface area contributed by atoms with Gasteiger partial charge in [-0.05, 0) is 42.9 Å². The van der Waals surface area contributed by atoms with Crippen LogP contribution in [0.4, 0.5) is 4.39 Å². The topological polar surface area (TPSA) is 20.2 Å². The molecule has 1 aliphatic carbocycles. The average molecular weight is 257 g/mol. The van der Waals surface area contributed by atoms with Gasteiger partial charge in [0.15, 0.2) is 0 Å². The summed E-state index contributed by atoms with van der Waals surface area (Å²) in [4.78, 5) is 0. The Hall–Kier alpha value is -0.600. The second-order valence-corrected chi connectivity index (χ2v) is 5.33. The third-order valence-corrected chi connectivity index (χ3v) is 3.91. The minimum absolute atomic E-state index is 0.137. The molecule has 2 rings (SSSR count). The maximum atomic E-state index is 13.0. The molecule has 0 amide bonds. The highest BCUT2D eigenvalue weighted by molar-refractivity contribution is 6.30. The standard InChI is InChI=1S/C14H18ClFO/c15-12-8-10(6-7-13(12)16)9-14(17)11-4-2-1-3-5-11/h6-8,11,14,17H,1-5,9H2. The third kappa shape index (κ3) is 3.43. The van der Waals surface area contributed by atoms with Gasteiger partial charge in [-0.2, -0.15) is 0 Å². The Labute approximate surface area is 107 Å². The second kappa shape index (κ2) is 5.83. The van der Waals surface area contributed by atoms with Gasteiger partial charge >= 0.3 is 0 Å². The molecule has 0 saturated heterocycles. The van der Waals surface area contributed by atoms with Crippen molar-refractivity contribution in [3.05, 3.63) is 34.6 Å². The SMILES string of the molecule is OC(Cc1ccc(F)c(Cl)c1)C1CCCCC1. The minimum Gasteiger partial charge on any atom is -0.392 e. The van der Waals surface area contributed by atoms with Gasteiger partial charge in [0.25, 0.3) is 0 Å². The molecule has 0 heterocycles. The molecule has 1 aliphatic rings. The average Bonchev–Trinajstić information content (AvgIpc) is 2.35. The molecule has 94 valence electrons. The molecule has 0 bridgehead atoms. The van der Waals surface area contributed by atoms with Gasteiger partial charge in [-0.25, -0.2) is 4.39 Å². The molecule has 1 N–H and O–H groups in total. The molecule has 0 aliphatic heterocycles. The molecular weight excluding hydrogens is 239 g/mol. The third-order valence-electron chi connectivity index (χ3n) is 3.62. The van der Waals surface area contributed by atoms with Crippen LogP contribution in [0.15, 0.2) is 18.2 Å². The fourth-order valence-electron chi connectivity index (χ4n) is 2.59. The van der Waals surface area contributed by atoms with E-state index in [4.69, 9.17) is 11.6 Å². The number of benzene rings is 1. The fourth-order valence-corrected chi connectivity index (χ4v) is 2.80. The molecule has 1 atom stereocenters. The zero-order chi connectivity index (χ0) is 12.3. The van der Waals surface area contributed by atoms with Crippen LogP contribution in [0.2, 0.25) is 5.02 Å². The summed E-state index contributed by atoms with van der Waals surface area (Å²) in [6, 6.07) is 4.68. The minimum atomic E-state index is -0.400. The van der Waals surface area contributed by atoms with Gasteiger partial charge in [-0.3, -0.25) is 0 Å². The van der Waals surface area contributed by atoms with Crippen LogP contribution in [0.25, 0.3) is 0 Å². The zero-order valence-corrected chi connectivity index (χ0v) is 10.6. The first-order valence-electron chi connectivity index (χ1n) is 6.29. The summed E-state index contributed by atoms with van der Waals surface area (Å²) in [5.74, 6) is -0.00449. The number of hydrogen-bond acceptors (Lipinski definition) is 1. The summed E-state index contributed by atoms with van der Waals surface area (Å²) in [7, 11) is 0. The van der Waals surface area contributed by atoms with Gasteiger partial charge in [0, 0.05) is 0 Å². The van der Waals surface area contributed by atoms with E-state index < -0.39 is 5.82 Å². The Kier molecular flexibility index (Phi) is 4.41. The second-order valence-electron chi connectivity index (χ2n) is 4.92. The number of hydrogen-bond donors (Lipinski definition) is 1. The molecule has 1 unspecified atom stereocenters. The Morgan fingerprint density at radius 1 is 1.29 bits per heavy atom. The lowest BCUT2D eigenvalue weighted by atomic mass is 9.83. The molecule has 0 spiro atoms. The van der Waals surface area contributed by atoms with E-state index in [1.54, 1.807) is 12.1 Å². The molecular formula is C14H18ClFO. The van der Waals surface area contributed by atoms with Crippen molar-refractivity contribution in [2.45, 2.75) is 44.6 Å². The normalized spacial score (nSPS) is 19.2. The Balaban J connectivity index is 1.96. The lowest BCUT2D eigenvalue weighted by Crippen LogP contribution is -2.24. The van der Waals surface area contributed by atoms with Crippen LogP contribution < -0.4 is 0 Å². The predicted molar refractivity (Wildman–Crippen MR) is 67.7 cm³/mol. The quantitative estimate of drug-likeness (QED) is 0.868. The summed E-state index contributed by atoms with van der Waals surface area (Å²) in [5.41, 5.74) is 0.912. The van der Waals surface area contributed by atoms with Crippen molar-refractivity contribution in [1.29, 1.82) is 0 Å². The Bertz CT molecular complexity index is 374. The van der Waals surface area contributed by atoms with Gasteiger partial charge in [-0.15, -0.1) is 0 Å². The number of halogens is 2. The van der Waals surface area contributed by atoms with E-state index in [1.165, 1.54) is 25.3 Å². The van der Waals surface area contributed by atoms with E-state index in [0.29, 0.717) is 12.3 Å². The van der Waals surface area contributed by atoms with Gasteiger partial charge in [0.05, 0.1) is 11.1 Å². The Morgan fingerprint density at radius 3 is 2.65 bits per heavy atom. The monoisotopic (exact) mass is 256 g/mol. The van der Waals surface area contributed by atoms with Crippen LogP contribution in [0.1, 0.15) is 37.7 Å². The molecule has 1 aromatic carbocycles. The molecule has 1 fully saturated rings. The van der Waals surface area contributed by atoms with Crippen molar-refractivity contribution in [3.63, 3.8) is 0 Å². The predicted octanol–water partition coefficient (Wildman–Crippen LogP) is 3.96. The molecule has 1 aromatic rings. The van der Waals surface area contributed by atoms with E-state index in [9.17, 15) is 9.50 Å². The summed E-state index contributed by atoms with van der Waals surface area (Å²) in [5, 5.41) is 10.3. The largest absolute Gasteiger partial charge is 0.392 e. The van der Waals surface area contributed by atoms with Gasteiger partial charge in [0.2, 0.25) is 0 Å². The van der Waals surface area contributed by atoms with Crippen LogP contribution in [0.3, 0.4) is 0 Å². The van der Waals surface area contributed by atoms with E-state index in [0.717, 1.165) is 18.4 Å². The van der Waals surface area contributed by atoms with E-state index in [1.807, 2.05) is 0 Å². The van der Waals surface area contributed by atoms with Crippen LogP contribution in [-0.4, -0.2) is 11.2 Å². The summed E-state index contributed by atoms with van der Waals surface area (Å²) < 4.78 is 13.0.